The molecule has 3 heterocycles. The number of aromatic nitrogens is 7. The summed E-state index contributed by atoms with van der Waals surface area (Å²) in [6.45, 7) is 3.70. The van der Waals surface area contributed by atoms with Gasteiger partial charge in [-0.3, -0.25) is 0 Å². The van der Waals surface area contributed by atoms with Gasteiger partial charge in [0.25, 0.3) is 0 Å². The zero-order chi connectivity index (χ0) is 14.2. The third-order valence-corrected chi connectivity index (χ3v) is 4.22. The van der Waals surface area contributed by atoms with Gasteiger partial charge >= 0.3 is 0 Å². The van der Waals surface area contributed by atoms with E-state index in [1.807, 2.05) is 9.36 Å². The lowest BCUT2D eigenvalue weighted by molar-refractivity contribution is 0.351. The van der Waals surface area contributed by atoms with Crippen LogP contribution in [0.1, 0.15) is 49.7 Å². The largest absolute Gasteiger partial charge is 0.305 e. The number of tetrazole rings is 1. The van der Waals surface area contributed by atoms with Crippen LogP contribution in [0, 0.1) is 0 Å². The minimum atomic E-state index is 0.410. The summed E-state index contributed by atoms with van der Waals surface area (Å²) in [6, 6.07) is 0.936. The highest BCUT2D eigenvalue weighted by atomic mass is 15.6. The maximum absolute atomic E-state index is 4.55. The van der Waals surface area contributed by atoms with Crippen molar-refractivity contribution in [2.45, 2.75) is 64.2 Å². The maximum atomic E-state index is 4.55. The molecule has 1 aliphatic heterocycles. The summed E-state index contributed by atoms with van der Waals surface area (Å²) in [4.78, 5) is 4.55. The number of nitrogens with zero attached hydrogens (tertiary/aromatic N) is 7. The Kier molecular flexibility index (Phi) is 3.17. The van der Waals surface area contributed by atoms with Crippen molar-refractivity contribution >= 4 is 0 Å². The summed E-state index contributed by atoms with van der Waals surface area (Å²) in [6.07, 6.45) is 5.37. The molecule has 2 aromatic rings. The van der Waals surface area contributed by atoms with Crippen LogP contribution in [-0.2, 0) is 25.9 Å². The molecule has 1 saturated carbocycles. The fourth-order valence-corrected chi connectivity index (χ4v) is 2.84. The van der Waals surface area contributed by atoms with Crippen LogP contribution in [-0.4, -0.2) is 41.0 Å². The van der Waals surface area contributed by atoms with E-state index in [-0.39, 0.29) is 0 Å². The fourth-order valence-electron chi connectivity index (χ4n) is 2.84. The zero-order valence-corrected chi connectivity index (χ0v) is 12.2. The van der Waals surface area contributed by atoms with Crippen molar-refractivity contribution in [1.29, 1.82) is 0 Å². The van der Waals surface area contributed by atoms with Crippen LogP contribution >= 0.6 is 0 Å². The molecule has 2 aromatic heterocycles. The van der Waals surface area contributed by atoms with Crippen molar-refractivity contribution < 1.29 is 0 Å². The van der Waals surface area contributed by atoms with E-state index < -0.39 is 0 Å². The Balaban J connectivity index is 1.38. The number of hydrogen-bond acceptors (Lipinski definition) is 6. The molecule has 21 heavy (non-hydrogen) atoms. The van der Waals surface area contributed by atoms with Crippen LogP contribution in [0.25, 0.3) is 0 Å². The average molecular weight is 288 g/mol. The van der Waals surface area contributed by atoms with Gasteiger partial charge in [0.15, 0.2) is 11.6 Å². The van der Waals surface area contributed by atoms with Crippen molar-refractivity contribution in [2.24, 2.45) is 0 Å². The van der Waals surface area contributed by atoms with Gasteiger partial charge in [0.1, 0.15) is 5.82 Å². The second kappa shape index (κ2) is 5.18. The number of nitrogens with one attached hydrogen (secondary N) is 1. The van der Waals surface area contributed by atoms with Gasteiger partial charge in [-0.2, -0.15) is 5.10 Å². The van der Waals surface area contributed by atoms with Gasteiger partial charge in [0, 0.05) is 18.9 Å². The molecule has 4 rings (SSSR count). The van der Waals surface area contributed by atoms with Crippen LogP contribution in [0.5, 0.6) is 0 Å². The average Bonchev–Trinajstić information content (AvgIpc) is 3.10. The second-order valence-electron chi connectivity index (χ2n) is 5.87. The molecule has 1 aliphatic carbocycles. The molecule has 0 radical (unpaired) electrons. The zero-order valence-electron chi connectivity index (χ0n) is 12.2. The third kappa shape index (κ3) is 2.55. The lowest BCUT2D eigenvalue weighted by atomic mass is 10.1. The molecule has 0 aromatic carbocycles. The highest BCUT2D eigenvalue weighted by molar-refractivity contribution is 4.98. The molecule has 0 bridgehead atoms. The smallest absolute Gasteiger partial charge is 0.165 e. The van der Waals surface area contributed by atoms with Gasteiger partial charge in [-0.15, -0.1) is 5.10 Å². The second-order valence-corrected chi connectivity index (χ2v) is 5.87. The van der Waals surface area contributed by atoms with E-state index >= 15 is 0 Å². The van der Waals surface area contributed by atoms with Crippen LogP contribution in [0.15, 0.2) is 0 Å². The quantitative estimate of drug-likeness (QED) is 0.849. The Morgan fingerprint density at radius 3 is 3.00 bits per heavy atom. The predicted octanol–water partition coefficient (Wildman–Crippen LogP) is 0.266. The van der Waals surface area contributed by atoms with Crippen molar-refractivity contribution in [3.05, 3.63) is 17.5 Å². The highest BCUT2D eigenvalue weighted by Crippen LogP contribution is 2.34. The molecule has 8 nitrogen and oxygen atoms in total. The molecule has 1 fully saturated rings. The molecule has 1 atom stereocenters. The Hall–Kier alpha value is -1.83. The number of rotatable bonds is 5. The summed E-state index contributed by atoms with van der Waals surface area (Å²) >= 11 is 0. The molecule has 2 aliphatic rings. The van der Waals surface area contributed by atoms with Crippen LogP contribution in [0.4, 0.5) is 0 Å². The molecular weight excluding hydrogens is 268 g/mol. The van der Waals surface area contributed by atoms with E-state index in [2.05, 4.69) is 37.8 Å². The first-order valence-corrected chi connectivity index (χ1v) is 7.76. The van der Waals surface area contributed by atoms with E-state index in [9.17, 15) is 0 Å². The lowest BCUT2D eigenvalue weighted by Crippen LogP contribution is -2.38. The monoisotopic (exact) mass is 288 g/mol. The maximum Gasteiger partial charge on any atom is 0.165 e. The van der Waals surface area contributed by atoms with Gasteiger partial charge in [-0.1, -0.05) is 6.92 Å². The summed E-state index contributed by atoms with van der Waals surface area (Å²) in [7, 11) is 0. The SMILES string of the molecule is CCc1nc2n(n1)C[C@H](NCc1nnnn1C1CC1)CC2. The molecular formula is C13H20N8. The molecule has 0 saturated heterocycles. The molecule has 0 spiro atoms. The van der Waals surface area contributed by atoms with Gasteiger partial charge in [-0.05, 0) is 29.7 Å². The van der Waals surface area contributed by atoms with Crippen LogP contribution in [0.2, 0.25) is 0 Å². The van der Waals surface area contributed by atoms with E-state index in [0.29, 0.717) is 12.1 Å². The van der Waals surface area contributed by atoms with Crippen LogP contribution in [0.3, 0.4) is 0 Å². The summed E-state index contributed by atoms with van der Waals surface area (Å²) in [5, 5.41) is 20.1. The summed E-state index contributed by atoms with van der Waals surface area (Å²) < 4.78 is 4.01. The van der Waals surface area contributed by atoms with Gasteiger partial charge in [0.2, 0.25) is 0 Å². The van der Waals surface area contributed by atoms with Crippen molar-refractivity contribution in [3.8, 4) is 0 Å². The standard InChI is InChI=1S/C13H20N8/c1-2-11-15-12-6-3-9(8-20(12)17-11)14-7-13-16-18-19-21(13)10-4-5-10/h9-10,14H,2-8H2,1H3/t9-/m1/s1. The van der Waals surface area contributed by atoms with Gasteiger partial charge in [0.05, 0.1) is 19.1 Å². The number of fused-ring (bicyclic) bond motifs is 1. The first-order valence-electron chi connectivity index (χ1n) is 7.76. The van der Waals surface area contributed by atoms with E-state index in [1.54, 1.807) is 0 Å². The lowest BCUT2D eigenvalue weighted by Gasteiger charge is -2.23. The minimum absolute atomic E-state index is 0.410. The Bertz CT molecular complexity index is 626. The Morgan fingerprint density at radius 1 is 1.29 bits per heavy atom. The fraction of sp³-hybridized carbons (Fsp3) is 0.769. The Labute approximate surface area is 122 Å². The topological polar surface area (TPSA) is 86.3 Å². The van der Waals surface area contributed by atoms with Crippen molar-refractivity contribution in [1.82, 2.24) is 40.3 Å². The molecule has 0 amide bonds. The highest BCUT2D eigenvalue weighted by Gasteiger charge is 2.28. The number of hydrogen-bond donors (Lipinski definition) is 1. The Morgan fingerprint density at radius 2 is 2.19 bits per heavy atom. The number of aryl methyl sites for hydroxylation is 2. The van der Waals surface area contributed by atoms with Crippen molar-refractivity contribution in [2.75, 3.05) is 0 Å². The first-order chi connectivity index (χ1) is 10.3. The van der Waals surface area contributed by atoms with E-state index in [1.165, 1.54) is 12.8 Å². The summed E-state index contributed by atoms with van der Waals surface area (Å²) in [5.74, 6) is 3.01. The normalized spacial score (nSPS) is 21.5. The molecule has 0 unspecified atom stereocenters. The summed E-state index contributed by atoms with van der Waals surface area (Å²) in [5.41, 5.74) is 0. The molecule has 112 valence electrons. The van der Waals surface area contributed by atoms with E-state index in [0.717, 1.165) is 49.8 Å². The van der Waals surface area contributed by atoms with Crippen molar-refractivity contribution in [3.63, 3.8) is 0 Å². The third-order valence-electron chi connectivity index (χ3n) is 4.22. The van der Waals surface area contributed by atoms with Crippen LogP contribution < -0.4 is 5.32 Å². The molecule has 1 N–H and O–H groups in total. The molecule has 8 heteroatoms. The predicted molar refractivity (Wildman–Crippen MR) is 74.4 cm³/mol. The minimum Gasteiger partial charge on any atom is -0.305 e. The van der Waals surface area contributed by atoms with E-state index in [4.69, 9.17) is 0 Å². The van der Waals surface area contributed by atoms with Gasteiger partial charge < -0.3 is 5.32 Å². The van der Waals surface area contributed by atoms with Gasteiger partial charge in [-0.25, -0.2) is 14.3 Å². The first kappa shape index (κ1) is 12.9.